The Labute approximate surface area is 96.6 Å². The summed E-state index contributed by atoms with van der Waals surface area (Å²) < 4.78 is 5.30. The van der Waals surface area contributed by atoms with Gasteiger partial charge in [0.15, 0.2) is 0 Å². The summed E-state index contributed by atoms with van der Waals surface area (Å²) in [6.07, 6.45) is 2.36. The van der Waals surface area contributed by atoms with E-state index in [1.807, 2.05) is 20.8 Å². The van der Waals surface area contributed by atoms with Gasteiger partial charge in [0.1, 0.15) is 5.60 Å². The van der Waals surface area contributed by atoms with Crippen LogP contribution < -0.4 is 0 Å². The van der Waals surface area contributed by atoms with Crippen LogP contribution in [0, 0.1) is 5.41 Å². The highest BCUT2D eigenvalue weighted by Gasteiger charge is 2.50. The maximum atomic E-state index is 11.7. The van der Waals surface area contributed by atoms with Crippen molar-refractivity contribution in [3.8, 4) is 0 Å². The maximum absolute atomic E-state index is 11.7. The number of aliphatic hydroxyl groups is 1. The minimum Gasteiger partial charge on any atom is -0.444 e. The zero-order chi connectivity index (χ0) is 12.0. The average Bonchev–Trinajstić information content (AvgIpc) is 2.41. The van der Waals surface area contributed by atoms with Crippen LogP contribution in [0.2, 0.25) is 0 Å². The first-order valence-corrected chi connectivity index (χ1v) is 5.96. The number of aliphatic hydroxyl groups excluding tert-OH is 1. The summed E-state index contributed by atoms with van der Waals surface area (Å²) in [6.45, 7) is 7.12. The van der Waals surface area contributed by atoms with Crippen molar-refractivity contribution >= 4 is 6.09 Å². The fourth-order valence-corrected chi connectivity index (χ4v) is 2.68. The molecule has 0 aromatic heterocycles. The van der Waals surface area contributed by atoms with Crippen LogP contribution in [0.25, 0.3) is 0 Å². The molecule has 0 aromatic rings. The number of amides is 1. The van der Waals surface area contributed by atoms with E-state index in [1.165, 1.54) is 0 Å². The molecule has 1 spiro atoms. The molecule has 0 radical (unpaired) electrons. The van der Waals surface area contributed by atoms with E-state index in [4.69, 9.17) is 4.74 Å². The van der Waals surface area contributed by atoms with E-state index in [-0.39, 0.29) is 17.6 Å². The molecule has 16 heavy (non-hydrogen) atoms. The molecular formula is C12H21NO3. The van der Waals surface area contributed by atoms with E-state index >= 15 is 0 Å². The molecule has 4 nitrogen and oxygen atoms in total. The second-order valence-corrected chi connectivity index (χ2v) is 6.23. The molecule has 1 aliphatic heterocycles. The molecule has 0 bridgehead atoms. The number of rotatable bonds is 0. The molecule has 2 fully saturated rings. The molecule has 1 aliphatic carbocycles. The minimum atomic E-state index is -0.422. The molecule has 2 aliphatic rings. The van der Waals surface area contributed by atoms with Crippen LogP contribution in [0.3, 0.4) is 0 Å². The second-order valence-electron chi connectivity index (χ2n) is 6.23. The van der Waals surface area contributed by atoms with Gasteiger partial charge in [0.2, 0.25) is 0 Å². The van der Waals surface area contributed by atoms with Crippen LogP contribution in [-0.4, -0.2) is 40.9 Å². The standard InChI is InChI=1S/C12H21NO3/c1-11(2,3)16-10(15)13-7-12(8-13)5-4-9(14)6-12/h9,14H,4-8H2,1-3H3. The summed E-state index contributed by atoms with van der Waals surface area (Å²) >= 11 is 0. The molecule has 92 valence electrons. The Balaban J connectivity index is 1.82. The number of ether oxygens (including phenoxy) is 1. The van der Waals surface area contributed by atoms with Crippen LogP contribution in [-0.2, 0) is 4.74 Å². The largest absolute Gasteiger partial charge is 0.444 e. The Morgan fingerprint density at radius 2 is 2.06 bits per heavy atom. The number of nitrogens with zero attached hydrogens (tertiary/aromatic N) is 1. The molecule has 1 N–H and O–H groups in total. The summed E-state index contributed by atoms with van der Waals surface area (Å²) in [5.41, 5.74) is -0.231. The quantitative estimate of drug-likeness (QED) is 0.686. The van der Waals surface area contributed by atoms with Crippen molar-refractivity contribution in [2.24, 2.45) is 5.41 Å². The van der Waals surface area contributed by atoms with Crippen molar-refractivity contribution in [2.45, 2.75) is 51.7 Å². The summed E-state index contributed by atoms with van der Waals surface area (Å²) in [7, 11) is 0. The highest BCUT2D eigenvalue weighted by molar-refractivity contribution is 5.69. The van der Waals surface area contributed by atoms with E-state index in [1.54, 1.807) is 4.90 Å². The van der Waals surface area contributed by atoms with Crippen LogP contribution >= 0.6 is 0 Å². The Hall–Kier alpha value is -0.770. The van der Waals surface area contributed by atoms with Gasteiger partial charge < -0.3 is 14.7 Å². The van der Waals surface area contributed by atoms with Crippen LogP contribution in [0.15, 0.2) is 0 Å². The maximum Gasteiger partial charge on any atom is 0.410 e. The van der Waals surface area contributed by atoms with Crippen molar-refractivity contribution in [1.82, 2.24) is 4.90 Å². The number of hydrogen-bond donors (Lipinski definition) is 1. The molecule has 0 aromatic carbocycles. The van der Waals surface area contributed by atoms with Gasteiger partial charge in [-0.1, -0.05) is 0 Å². The predicted octanol–water partition coefficient (Wildman–Crippen LogP) is 1.77. The third-order valence-corrected chi connectivity index (χ3v) is 3.38. The van der Waals surface area contributed by atoms with Crippen LogP contribution in [0.4, 0.5) is 4.79 Å². The van der Waals surface area contributed by atoms with Crippen LogP contribution in [0.1, 0.15) is 40.0 Å². The fourth-order valence-electron chi connectivity index (χ4n) is 2.68. The lowest BCUT2D eigenvalue weighted by molar-refractivity contribution is -0.0358. The lowest BCUT2D eigenvalue weighted by Gasteiger charge is -2.48. The SMILES string of the molecule is CC(C)(C)OC(=O)N1CC2(CCC(O)C2)C1. The van der Waals surface area contributed by atoms with Gasteiger partial charge in [-0.25, -0.2) is 4.79 Å². The van der Waals surface area contributed by atoms with Gasteiger partial charge in [-0.3, -0.25) is 0 Å². The first kappa shape index (κ1) is 11.7. The first-order chi connectivity index (χ1) is 7.30. The van der Waals surface area contributed by atoms with Crippen molar-refractivity contribution in [3.63, 3.8) is 0 Å². The van der Waals surface area contributed by atoms with E-state index in [9.17, 15) is 9.90 Å². The van der Waals surface area contributed by atoms with E-state index in [0.717, 1.165) is 32.4 Å². The molecule has 4 heteroatoms. The minimum absolute atomic E-state index is 0.166. The molecular weight excluding hydrogens is 206 g/mol. The van der Waals surface area contributed by atoms with E-state index < -0.39 is 5.60 Å². The number of carbonyl (C=O) groups is 1. The van der Waals surface area contributed by atoms with Crippen molar-refractivity contribution in [1.29, 1.82) is 0 Å². The summed E-state index contributed by atoms with van der Waals surface area (Å²) in [6, 6.07) is 0. The Kier molecular flexibility index (Phi) is 2.65. The normalized spacial score (nSPS) is 28.0. The number of hydrogen-bond acceptors (Lipinski definition) is 3. The van der Waals surface area contributed by atoms with Gasteiger partial charge >= 0.3 is 6.09 Å². The Morgan fingerprint density at radius 3 is 2.50 bits per heavy atom. The van der Waals surface area contributed by atoms with Crippen molar-refractivity contribution < 1.29 is 14.6 Å². The number of likely N-dealkylation sites (tertiary alicyclic amines) is 1. The van der Waals surface area contributed by atoms with Gasteiger partial charge in [-0.05, 0) is 40.0 Å². The smallest absolute Gasteiger partial charge is 0.410 e. The fraction of sp³-hybridized carbons (Fsp3) is 0.917. The molecule has 1 unspecified atom stereocenters. The van der Waals surface area contributed by atoms with Crippen molar-refractivity contribution in [2.75, 3.05) is 13.1 Å². The highest BCUT2D eigenvalue weighted by atomic mass is 16.6. The van der Waals surface area contributed by atoms with E-state index in [2.05, 4.69) is 0 Å². The summed E-state index contributed by atoms with van der Waals surface area (Å²) in [5, 5.41) is 9.51. The molecule has 1 heterocycles. The zero-order valence-corrected chi connectivity index (χ0v) is 10.3. The van der Waals surface area contributed by atoms with E-state index in [0.29, 0.717) is 0 Å². The van der Waals surface area contributed by atoms with Gasteiger partial charge in [0, 0.05) is 18.5 Å². The Morgan fingerprint density at radius 1 is 1.44 bits per heavy atom. The van der Waals surface area contributed by atoms with Gasteiger partial charge in [-0.15, -0.1) is 0 Å². The third kappa shape index (κ3) is 2.32. The topological polar surface area (TPSA) is 49.8 Å². The van der Waals surface area contributed by atoms with Crippen molar-refractivity contribution in [3.05, 3.63) is 0 Å². The average molecular weight is 227 g/mol. The lowest BCUT2D eigenvalue weighted by atomic mass is 9.78. The first-order valence-electron chi connectivity index (χ1n) is 5.96. The molecule has 1 saturated carbocycles. The summed E-state index contributed by atoms with van der Waals surface area (Å²) in [4.78, 5) is 13.4. The molecule has 1 atom stereocenters. The number of carbonyl (C=O) groups excluding carboxylic acids is 1. The molecule has 1 amide bonds. The molecule has 1 saturated heterocycles. The van der Waals surface area contributed by atoms with Gasteiger partial charge in [0.05, 0.1) is 6.10 Å². The van der Waals surface area contributed by atoms with Crippen LogP contribution in [0.5, 0.6) is 0 Å². The predicted molar refractivity (Wildman–Crippen MR) is 60.1 cm³/mol. The monoisotopic (exact) mass is 227 g/mol. The zero-order valence-electron chi connectivity index (χ0n) is 10.3. The second kappa shape index (κ2) is 3.62. The van der Waals surface area contributed by atoms with Gasteiger partial charge in [0.25, 0.3) is 0 Å². The van der Waals surface area contributed by atoms with Gasteiger partial charge in [-0.2, -0.15) is 0 Å². The summed E-state index contributed by atoms with van der Waals surface area (Å²) in [5.74, 6) is 0. The highest BCUT2D eigenvalue weighted by Crippen LogP contribution is 2.45. The lowest BCUT2D eigenvalue weighted by Crippen LogP contribution is -2.58. The molecule has 2 rings (SSSR count). The third-order valence-electron chi connectivity index (χ3n) is 3.38. The Bertz CT molecular complexity index is 289.